The van der Waals surface area contributed by atoms with Crippen LogP contribution in [0.5, 0.6) is 0 Å². The summed E-state index contributed by atoms with van der Waals surface area (Å²) in [4.78, 5) is 11.2. The molecule has 1 aromatic rings. The van der Waals surface area contributed by atoms with Gasteiger partial charge >= 0.3 is 5.97 Å². The van der Waals surface area contributed by atoms with Crippen LogP contribution in [0.4, 0.5) is 4.39 Å². The minimum absolute atomic E-state index is 0.209. The van der Waals surface area contributed by atoms with Crippen molar-refractivity contribution in [2.45, 2.75) is 27.2 Å². The van der Waals surface area contributed by atoms with Crippen molar-refractivity contribution in [2.24, 2.45) is 0 Å². The van der Waals surface area contributed by atoms with E-state index in [1.165, 1.54) is 6.07 Å². The Labute approximate surface area is 89.1 Å². The summed E-state index contributed by atoms with van der Waals surface area (Å²) in [6.45, 7) is 5.61. The molecule has 0 aliphatic carbocycles. The fraction of sp³-hybridized carbons (Fsp3) is 0.417. The Morgan fingerprint density at radius 3 is 2.60 bits per heavy atom. The molecule has 1 rings (SSSR count). The van der Waals surface area contributed by atoms with E-state index in [1.54, 1.807) is 26.8 Å². The van der Waals surface area contributed by atoms with Gasteiger partial charge in [-0.2, -0.15) is 0 Å². The summed E-state index contributed by atoms with van der Waals surface area (Å²) >= 11 is 0. The van der Waals surface area contributed by atoms with E-state index in [0.29, 0.717) is 12.2 Å². The molecule has 0 N–H and O–H groups in total. The van der Waals surface area contributed by atoms with Crippen LogP contribution >= 0.6 is 0 Å². The molecule has 0 heterocycles. The Morgan fingerprint density at radius 1 is 1.33 bits per heavy atom. The minimum Gasteiger partial charge on any atom is -0.466 e. The Kier molecular flexibility index (Phi) is 3.83. The largest absolute Gasteiger partial charge is 0.466 e. The highest BCUT2D eigenvalue weighted by Gasteiger charge is 2.09. The fourth-order valence-electron chi connectivity index (χ4n) is 1.40. The zero-order chi connectivity index (χ0) is 11.4. The van der Waals surface area contributed by atoms with Gasteiger partial charge in [-0.3, -0.25) is 4.79 Å². The van der Waals surface area contributed by atoms with Crippen molar-refractivity contribution in [2.75, 3.05) is 6.61 Å². The van der Waals surface area contributed by atoms with E-state index in [4.69, 9.17) is 4.74 Å². The molecular weight excluding hydrogens is 195 g/mol. The van der Waals surface area contributed by atoms with Gasteiger partial charge in [0.05, 0.1) is 13.0 Å². The first kappa shape index (κ1) is 11.7. The zero-order valence-corrected chi connectivity index (χ0v) is 9.26. The van der Waals surface area contributed by atoms with Gasteiger partial charge in [0.2, 0.25) is 0 Å². The minimum atomic E-state index is -0.272. The highest BCUT2D eigenvalue weighted by Crippen LogP contribution is 2.15. The van der Waals surface area contributed by atoms with Crippen LogP contribution in [0, 0.1) is 19.7 Å². The number of esters is 1. The maximum absolute atomic E-state index is 13.1. The number of ether oxygens (including phenoxy) is 1. The summed E-state index contributed by atoms with van der Waals surface area (Å²) in [5.41, 5.74) is 2.17. The predicted octanol–water partition coefficient (Wildman–Crippen LogP) is 2.55. The van der Waals surface area contributed by atoms with Gasteiger partial charge in [-0.25, -0.2) is 4.39 Å². The Morgan fingerprint density at radius 2 is 2.00 bits per heavy atom. The van der Waals surface area contributed by atoms with Crippen molar-refractivity contribution < 1.29 is 13.9 Å². The van der Waals surface area contributed by atoms with Gasteiger partial charge in [0.1, 0.15) is 5.82 Å². The molecule has 0 saturated heterocycles. The quantitative estimate of drug-likeness (QED) is 0.717. The second kappa shape index (κ2) is 4.91. The molecule has 0 amide bonds. The van der Waals surface area contributed by atoms with Crippen molar-refractivity contribution in [3.8, 4) is 0 Å². The van der Waals surface area contributed by atoms with Crippen LogP contribution in [0.25, 0.3) is 0 Å². The molecule has 0 unspecified atom stereocenters. The topological polar surface area (TPSA) is 26.3 Å². The molecule has 0 aliphatic heterocycles. The SMILES string of the molecule is CCOC(=O)Cc1cc(C)c(F)cc1C. The highest BCUT2D eigenvalue weighted by molar-refractivity contribution is 5.73. The molecule has 0 spiro atoms. The van der Waals surface area contributed by atoms with Crippen molar-refractivity contribution in [3.05, 3.63) is 34.6 Å². The Hall–Kier alpha value is -1.38. The molecule has 0 bridgehead atoms. The van der Waals surface area contributed by atoms with Gasteiger partial charge in [0, 0.05) is 0 Å². The highest BCUT2D eigenvalue weighted by atomic mass is 19.1. The average molecular weight is 210 g/mol. The molecule has 0 radical (unpaired) electrons. The van der Waals surface area contributed by atoms with Gasteiger partial charge < -0.3 is 4.74 Å². The third-order valence-electron chi connectivity index (χ3n) is 2.26. The number of hydrogen-bond acceptors (Lipinski definition) is 2. The van der Waals surface area contributed by atoms with Crippen LogP contribution in [0.2, 0.25) is 0 Å². The van der Waals surface area contributed by atoms with E-state index in [1.807, 2.05) is 0 Å². The second-order valence-corrected chi connectivity index (χ2v) is 3.51. The summed E-state index contributed by atoms with van der Waals surface area (Å²) in [5.74, 6) is -0.508. The normalized spacial score (nSPS) is 10.1. The Bertz CT molecular complexity index is 372. The smallest absolute Gasteiger partial charge is 0.310 e. The molecule has 0 aliphatic rings. The maximum Gasteiger partial charge on any atom is 0.310 e. The lowest BCUT2D eigenvalue weighted by Crippen LogP contribution is -2.09. The van der Waals surface area contributed by atoms with Gasteiger partial charge in [-0.1, -0.05) is 6.07 Å². The average Bonchev–Trinajstić information content (AvgIpc) is 2.14. The van der Waals surface area contributed by atoms with Crippen LogP contribution in [0.3, 0.4) is 0 Å². The number of halogens is 1. The van der Waals surface area contributed by atoms with Crippen LogP contribution in [0.1, 0.15) is 23.6 Å². The number of aryl methyl sites for hydroxylation is 2. The predicted molar refractivity (Wildman–Crippen MR) is 56.2 cm³/mol. The molecule has 0 fully saturated rings. The molecular formula is C12H15FO2. The summed E-state index contributed by atoms with van der Waals surface area (Å²) < 4.78 is 18.0. The lowest BCUT2D eigenvalue weighted by Gasteiger charge is -2.07. The van der Waals surface area contributed by atoms with E-state index < -0.39 is 0 Å². The maximum atomic E-state index is 13.1. The van der Waals surface area contributed by atoms with E-state index in [9.17, 15) is 9.18 Å². The summed E-state index contributed by atoms with van der Waals surface area (Å²) in [6, 6.07) is 3.14. The van der Waals surface area contributed by atoms with Gasteiger partial charge in [0.15, 0.2) is 0 Å². The van der Waals surface area contributed by atoms with Crippen molar-refractivity contribution >= 4 is 5.97 Å². The van der Waals surface area contributed by atoms with Crippen LogP contribution in [-0.2, 0) is 16.0 Å². The fourth-order valence-corrected chi connectivity index (χ4v) is 1.40. The molecule has 2 nitrogen and oxygen atoms in total. The zero-order valence-electron chi connectivity index (χ0n) is 9.26. The van der Waals surface area contributed by atoms with Gasteiger partial charge in [-0.15, -0.1) is 0 Å². The Balaban J connectivity index is 2.86. The van der Waals surface area contributed by atoms with Crippen LogP contribution in [-0.4, -0.2) is 12.6 Å². The molecule has 1 aromatic carbocycles. The molecule has 0 saturated carbocycles. The summed E-state index contributed by atoms with van der Waals surface area (Å²) in [7, 11) is 0. The third-order valence-corrected chi connectivity index (χ3v) is 2.26. The molecule has 3 heteroatoms. The first-order valence-electron chi connectivity index (χ1n) is 4.95. The summed E-state index contributed by atoms with van der Waals surface area (Å²) in [6.07, 6.45) is 0.209. The van der Waals surface area contributed by atoms with E-state index in [2.05, 4.69) is 0 Å². The van der Waals surface area contributed by atoms with Crippen molar-refractivity contribution in [3.63, 3.8) is 0 Å². The lowest BCUT2D eigenvalue weighted by molar-refractivity contribution is -0.142. The molecule has 0 aromatic heterocycles. The summed E-state index contributed by atoms with van der Waals surface area (Å²) in [5, 5.41) is 0. The first-order chi connectivity index (χ1) is 7.04. The number of benzene rings is 1. The number of rotatable bonds is 3. The standard InChI is InChI=1S/C12H15FO2/c1-4-15-12(14)7-10-5-9(3)11(13)6-8(10)2/h5-6H,4,7H2,1-3H3. The number of carbonyl (C=O) groups excluding carboxylic acids is 1. The van der Waals surface area contributed by atoms with Crippen LogP contribution < -0.4 is 0 Å². The van der Waals surface area contributed by atoms with Gasteiger partial charge in [-0.05, 0) is 43.5 Å². The molecule has 82 valence electrons. The van der Waals surface area contributed by atoms with E-state index in [0.717, 1.165) is 11.1 Å². The second-order valence-electron chi connectivity index (χ2n) is 3.51. The van der Waals surface area contributed by atoms with E-state index in [-0.39, 0.29) is 18.2 Å². The van der Waals surface area contributed by atoms with Gasteiger partial charge in [0.25, 0.3) is 0 Å². The number of hydrogen-bond donors (Lipinski definition) is 0. The first-order valence-corrected chi connectivity index (χ1v) is 4.95. The number of carbonyl (C=O) groups is 1. The molecule has 0 atom stereocenters. The molecule has 15 heavy (non-hydrogen) atoms. The van der Waals surface area contributed by atoms with Crippen molar-refractivity contribution in [1.29, 1.82) is 0 Å². The third kappa shape index (κ3) is 3.05. The lowest BCUT2D eigenvalue weighted by atomic mass is 10.0. The van der Waals surface area contributed by atoms with Crippen molar-refractivity contribution in [1.82, 2.24) is 0 Å². The van der Waals surface area contributed by atoms with E-state index >= 15 is 0 Å². The monoisotopic (exact) mass is 210 g/mol. The van der Waals surface area contributed by atoms with Crippen LogP contribution in [0.15, 0.2) is 12.1 Å².